The number of benzene rings is 1. The molecule has 0 saturated heterocycles. The lowest BCUT2D eigenvalue weighted by molar-refractivity contribution is -0.135. The molecular formula is C23H20F3N7O2S. The molecule has 1 aromatic carbocycles. The van der Waals surface area contributed by atoms with Gasteiger partial charge < -0.3 is 10.3 Å². The molecule has 186 valence electrons. The van der Waals surface area contributed by atoms with Gasteiger partial charge in [0.15, 0.2) is 5.49 Å². The van der Waals surface area contributed by atoms with Gasteiger partial charge in [0, 0.05) is 37.5 Å². The second-order valence-electron chi connectivity index (χ2n) is 7.77. The maximum Gasteiger partial charge on any atom is 0.427 e. The number of nitrogens with two attached hydrogens (primary N) is 1. The summed E-state index contributed by atoms with van der Waals surface area (Å²) in [5.74, 6) is -0.172. The molecule has 0 atom stereocenters. The van der Waals surface area contributed by atoms with E-state index in [2.05, 4.69) is 15.1 Å². The molecule has 9 nitrogen and oxygen atoms in total. The highest BCUT2D eigenvalue weighted by atomic mass is 32.1. The number of alkyl halides is 3. The van der Waals surface area contributed by atoms with Gasteiger partial charge in [-0.15, -0.1) is 11.3 Å². The van der Waals surface area contributed by atoms with Crippen LogP contribution in [0.25, 0.3) is 22.4 Å². The van der Waals surface area contributed by atoms with Gasteiger partial charge in [-0.1, -0.05) is 30.3 Å². The van der Waals surface area contributed by atoms with E-state index in [0.29, 0.717) is 40.1 Å². The molecule has 0 aliphatic heterocycles. The van der Waals surface area contributed by atoms with E-state index in [-0.39, 0.29) is 29.2 Å². The number of aromatic nitrogens is 4. The van der Waals surface area contributed by atoms with E-state index < -0.39 is 11.1 Å². The Bertz CT molecular complexity index is 1540. The van der Waals surface area contributed by atoms with E-state index in [1.807, 2.05) is 6.07 Å². The number of anilines is 1. The predicted molar refractivity (Wildman–Crippen MR) is 129 cm³/mol. The summed E-state index contributed by atoms with van der Waals surface area (Å²) < 4.78 is 42.4. The van der Waals surface area contributed by atoms with Gasteiger partial charge in [-0.25, -0.2) is 14.5 Å². The SMILES string of the molecule is CN(Cc1ncsc1C(F)(F)F)/N=c1/c(-c2ccc(=O)n(C)c2)c(-c2ccccc2)nc(N)n1C=O. The summed E-state index contributed by atoms with van der Waals surface area (Å²) in [6.07, 6.45) is -2.58. The number of rotatable bonds is 6. The molecule has 0 unspecified atom stereocenters. The number of hydrogen-bond acceptors (Lipinski definition) is 8. The van der Waals surface area contributed by atoms with Crippen LogP contribution in [0.3, 0.4) is 0 Å². The van der Waals surface area contributed by atoms with Crippen molar-refractivity contribution in [2.45, 2.75) is 12.7 Å². The van der Waals surface area contributed by atoms with Crippen molar-refractivity contribution in [3.8, 4) is 22.4 Å². The first-order chi connectivity index (χ1) is 17.1. The lowest BCUT2D eigenvalue weighted by Gasteiger charge is -2.18. The van der Waals surface area contributed by atoms with Crippen LogP contribution in [0.5, 0.6) is 0 Å². The van der Waals surface area contributed by atoms with Crippen molar-refractivity contribution < 1.29 is 18.0 Å². The van der Waals surface area contributed by atoms with Gasteiger partial charge in [0.1, 0.15) is 4.88 Å². The largest absolute Gasteiger partial charge is 0.427 e. The molecular weight excluding hydrogens is 495 g/mol. The molecule has 4 aromatic rings. The Morgan fingerprint density at radius 3 is 2.53 bits per heavy atom. The molecule has 0 amide bonds. The van der Waals surface area contributed by atoms with Crippen molar-refractivity contribution in [2.75, 3.05) is 12.8 Å². The van der Waals surface area contributed by atoms with Gasteiger partial charge >= 0.3 is 6.18 Å². The fraction of sp³-hybridized carbons (Fsp3) is 0.174. The molecule has 0 radical (unpaired) electrons. The number of hydrogen-bond donors (Lipinski definition) is 1. The van der Waals surface area contributed by atoms with Crippen LogP contribution in [-0.4, -0.2) is 37.6 Å². The average Bonchev–Trinajstić information content (AvgIpc) is 3.30. The third-order valence-corrected chi connectivity index (χ3v) is 6.15. The Kier molecular flexibility index (Phi) is 6.75. The van der Waals surface area contributed by atoms with Crippen molar-refractivity contribution in [2.24, 2.45) is 12.1 Å². The van der Waals surface area contributed by atoms with Crippen LogP contribution in [0.4, 0.5) is 19.1 Å². The average molecular weight is 516 g/mol. The number of pyridine rings is 1. The summed E-state index contributed by atoms with van der Waals surface area (Å²) in [6.45, 7) is -0.285. The molecule has 3 aromatic heterocycles. The highest BCUT2D eigenvalue weighted by Crippen LogP contribution is 2.35. The van der Waals surface area contributed by atoms with E-state index in [1.54, 1.807) is 43.6 Å². The molecule has 36 heavy (non-hydrogen) atoms. The highest BCUT2D eigenvalue weighted by molar-refractivity contribution is 7.09. The Balaban J connectivity index is 1.99. The smallest absolute Gasteiger partial charge is 0.369 e. The first-order valence-electron chi connectivity index (χ1n) is 10.4. The zero-order valence-electron chi connectivity index (χ0n) is 19.1. The predicted octanol–water partition coefficient (Wildman–Crippen LogP) is 2.96. The summed E-state index contributed by atoms with van der Waals surface area (Å²) in [5, 5.41) is 5.69. The fourth-order valence-corrected chi connectivity index (χ4v) is 4.27. The van der Waals surface area contributed by atoms with Gasteiger partial charge in [0.25, 0.3) is 0 Å². The Morgan fingerprint density at radius 2 is 1.89 bits per heavy atom. The number of aryl methyl sites for hydroxylation is 1. The first-order valence-corrected chi connectivity index (χ1v) is 11.3. The number of halogens is 3. The summed E-state index contributed by atoms with van der Waals surface area (Å²) >= 11 is 0.489. The molecule has 2 N–H and O–H groups in total. The lowest BCUT2D eigenvalue weighted by atomic mass is 10.0. The van der Waals surface area contributed by atoms with Gasteiger partial charge in [0.05, 0.1) is 29.0 Å². The minimum atomic E-state index is -4.55. The zero-order valence-corrected chi connectivity index (χ0v) is 19.9. The zero-order chi connectivity index (χ0) is 26.0. The molecule has 0 aliphatic carbocycles. The van der Waals surface area contributed by atoms with E-state index in [4.69, 9.17) is 5.73 Å². The maximum absolute atomic E-state index is 13.3. The molecule has 0 fully saturated rings. The van der Waals surface area contributed by atoms with Crippen LogP contribution in [0.1, 0.15) is 10.6 Å². The molecule has 3 heterocycles. The van der Waals surface area contributed by atoms with Crippen molar-refractivity contribution in [1.29, 1.82) is 0 Å². The second-order valence-corrected chi connectivity index (χ2v) is 8.62. The number of nitrogen functional groups attached to an aromatic ring is 1. The standard InChI is InChI=1S/C23H20F3N7O2S/c1-31-10-15(8-9-17(31)35)18-19(14-6-4-3-5-7-14)29-22(27)33(13-34)21(18)30-32(2)11-16-20(23(24,25)26)36-12-28-16/h3-10,12-13H,11H2,1-2H3,(H2,27,29)/b30-21-. The molecule has 13 heteroatoms. The summed E-state index contributed by atoms with van der Waals surface area (Å²) in [7, 11) is 3.02. The van der Waals surface area contributed by atoms with Gasteiger partial charge in [-0.3, -0.25) is 14.6 Å². The molecule has 0 spiro atoms. The normalized spacial score (nSPS) is 12.1. The fourth-order valence-electron chi connectivity index (χ4n) is 3.60. The third kappa shape index (κ3) is 4.91. The van der Waals surface area contributed by atoms with E-state index in [9.17, 15) is 22.8 Å². The molecule has 4 rings (SSSR count). The molecule has 0 bridgehead atoms. The monoisotopic (exact) mass is 515 g/mol. The van der Waals surface area contributed by atoms with Gasteiger partial charge in [0.2, 0.25) is 17.9 Å². The minimum absolute atomic E-state index is 0.0290. The Hall–Kier alpha value is -4.26. The number of carbonyl (C=O) groups is 1. The van der Waals surface area contributed by atoms with Gasteiger partial charge in [-0.2, -0.15) is 18.3 Å². The second kappa shape index (κ2) is 9.77. The summed E-state index contributed by atoms with van der Waals surface area (Å²) in [4.78, 5) is 31.5. The van der Waals surface area contributed by atoms with E-state index >= 15 is 0 Å². The maximum atomic E-state index is 13.3. The van der Waals surface area contributed by atoms with Crippen LogP contribution in [0.2, 0.25) is 0 Å². The first kappa shape index (κ1) is 24.9. The van der Waals surface area contributed by atoms with Gasteiger partial charge in [-0.05, 0) is 6.07 Å². The van der Waals surface area contributed by atoms with Crippen molar-refractivity contribution >= 4 is 23.7 Å². The summed E-state index contributed by atoms with van der Waals surface area (Å²) in [6, 6.07) is 11.9. The lowest BCUT2D eigenvalue weighted by Crippen LogP contribution is -2.31. The van der Waals surface area contributed by atoms with Crippen molar-refractivity contribution in [3.05, 3.63) is 80.6 Å². The van der Waals surface area contributed by atoms with Crippen LogP contribution < -0.4 is 16.8 Å². The van der Waals surface area contributed by atoms with Crippen LogP contribution in [0.15, 0.2) is 64.1 Å². The Morgan fingerprint density at radius 1 is 1.17 bits per heavy atom. The van der Waals surface area contributed by atoms with Crippen LogP contribution in [-0.2, 0) is 24.6 Å². The third-order valence-electron chi connectivity index (χ3n) is 5.23. The number of nitrogens with zero attached hydrogens (tertiary/aromatic N) is 6. The van der Waals surface area contributed by atoms with E-state index in [0.717, 1.165) is 10.1 Å². The van der Waals surface area contributed by atoms with Crippen LogP contribution in [0, 0.1) is 0 Å². The summed E-state index contributed by atoms with van der Waals surface area (Å²) in [5.41, 5.74) is 8.66. The molecule has 0 saturated carbocycles. The number of carbonyl (C=O) groups excluding carboxylic acids is 1. The van der Waals surface area contributed by atoms with Crippen molar-refractivity contribution in [1.82, 2.24) is 24.1 Å². The van der Waals surface area contributed by atoms with Crippen molar-refractivity contribution in [3.63, 3.8) is 0 Å². The highest BCUT2D eigenvalue weighted by Gasteiger charge is 2.36. The topological polar surface area (TPSA) is 111 Å². The Labute approximate surface area is 206 Å². The van der Waals surface area contributed by atoms with Crippen LogP contribution >= 0.6 is 11.3 Å². The minimum Gasteiger partial charge on any atom is -0.369 e. The number of thiazole rings is 1. The molecule has 0 aliphatic rings. The van der Waals surface area contributed by atoms with E-state index in [1.165, 1.54) is 22.7 Å². The quantitative estimate of drug-likeness (QED) is 0.312.